The number of halogens is 2. The van der Waals surface area contributed by atoms with E-state index in [-0.39, 0.29) is 39.6 Å². The number of nitrogens with one attached hydrogen (secondary N) is 1. The van der Waals surface area contributed by atoms with Gasteiger partial charge in [-0.05, 0) is 60.9 Å². The SMILES string of the molecule is COc1ccc(S(=O)(=O)N(CC(=O)N(Cc2ccc(F)cc2)[C@H](C)C(=O)NCC(C)C)c2cc(Cl)ccc2OC)cc1OC. The van der Waals surface area contributed by atoms with Crippen molar-refractivity contribution < 1.29 is 36.6 Å². The summed E-state index contributed by atoms with van der Waals surface area (Å²) in [6.07, 6.45) is 0. The number of carbonyl (C=O) groups is 2. The van der Waals surface area contributed by atoms with Crippen molar-refractivity contribution in [1.82, 2.24) is 10.2 Å². The molecule has 0 aromatic heterocycles. The molecular formula is C31H37ClFN3O7S. The van der Waals surface area contributed by atoms with Crippen LogP contribution in [0.4, 0.5) is 10.1 Å². The smallest absolute Gasteiger partial charge is 0.265 e. The first kappa shape index (κ1) is 34.5. The van der Waals surface area contributed by atoms with Gasteiger partial charge in [0.2, 0.25) is 11.8 Å². The van der Waals surface area contributed by atoms with Crippen molar-refractivity contribution >= 4 is 39.1 Å². The van der Waals surface area contributed by atoms with Gasteiger partial charge in [-0.2, -0.15) is 0 Å². The minimum atomic E-state index is -4.47. The van der Waals surface area contributed by atoms with E-state index in [4.69, 9.17) is 25.8 Å². The molecule has 44 heavy (non-hydrogen) atoms. The molecule has 0 saturated carbocycles. The van der Waals surface area contributed by atoms with Gasteiger partial charge in [-0.1, -0.05) is 37.6 Å². The zero-order valence-electron chi connectivity index (χ0n) is 25.5. The molecule has 0 unspecified atom stereocenters. The fraction of sp³-hybridized carbons (Fsp3) is 0.355. The van der Waals surface area contributed by atoms with E-state index in [0.717, 1.165) is 4.31 Å². The third-order valence-corrected chi connectivity index (χ3v) is 8.74. The number of anilines is 1. The Morgan fingerprint density at radius 1 is 0.886 bits per heavy atom. The number of sulfonamides is 1. The molecule has 3 rings (SSSR count). The first-order valence-corrected chi connectivity index (χ1v) is 15.5. The van der Waals surface area contributed by atoms with E-state index in [1.165, 1.54) is 86.9 Å². The van der Waals surface area contributed by atoms with Crippen LogP contribution in [0.25, 0.3) is 0 Å². The second-order valence-electron chi connectivity index (χ2n) is 10.3. The molecule has 0 bridgehead atoms. The standard InChI is InChI=1S/C31H37ClFN3O7S/c1-20(2)17-34-31(38)21(3)35(18-22-7-10-24(33)11-8-22)30(37)19-36(26-15-23(32)9-13-27(26)41-4)44(39,40)25-12-14-28(42-5)29(16-25)43-6/h7-16,20-21H,17-19H2,1-6H3,(H,34,38)/t21-/m1/s1. The average Bonchev–Trinajstić information content (AvgIpc) is 3.01. The molecule has 0 saturated heterocycles. The van der Waals surface area contributed by atoms with Crippen LogP contribution in [-0.4, -0.2) is 65.6 Å². The first-order chi connectivity index (χ1) is 20.8. The van der Waals surface area contributed by atoms with Gasteiger partial charge < -0.3 is 24.4 Å². The molecule has 1 N–H and O–H groups in total. The highest BCUT2D eigenvalue weighted by atomic mass is 35.5. The molecule has 2 amide bonds. The molecule has 13 heteroatoms. The number of methoxy groups -OCH3 is 3. The van der Waals surface area contributed by atoms with Crippen LogP contribution >= 0.6 is 11.6 Å². The van der Waals surface area contributed by atoms with Crippen LogP contribution in [0, 0.1) is 11.7 Å². The van der Waals surface area contributed by atoms with Gasteiger partial charge in [0.25, 0.3) is 10.0 Å². The highest BCUT2D eigenvalue weighted by molar-refractivity contribution is 7.92. The molecule has 10 nitrogen and oxygen atoms in total. The summed E-state index contributed by atoms with van der Waals surface area (Å²) in [5.74, 6) is -0.831. The Morgan fingerprint density at radius 2 is 1.50 bits per heavy atom. The average molecular weight is 650 g/mol. The Bertz CT molecular complexity index is 1570. The molecule has 0 heterocycles. The number of rotatable bonds is 14. The number of carbonyl (C=O) groups excluding carboxylic acids is 2. The van der Waals surface area contributed by atoms with Crippen molar-refractivity contribution in [2.45, 2.75) is 38.3 Å². The molecule has 3 aromatic rings. The Labute approximate surface area is 262 Å². The van der Waals surface area contributed by atoms with Crippen LogP contribution in [0.15, 0.2) is 65.6 Å². The molecule has 0 aliphatic rings. The molecule has 1 atom stereocenters. The zero-order valence-corrected chi connectivity index (χ0v) is 27.0. The number of amides is 2. The van der Waals surface area contributed by atoms with Gasteiger partial charge >= 0.3 is 0 Å². The molecule has 0 spiro atoms. The lowest BCUT2D eigenvalue weighted by molar-refractivity contribution is -0.139. The Morgan fingerprint density at radius 3 is 2.09 bits per heavy atom. The topological polar surface area (TPSA) is 114 Å². The molecule has 0 aliphatic carbocycles. The molecule has 3 aromatic carbocycles. The maximum absolute atomic E-state index is 14.3. The summed E-state index contributed by atoms with van der Waals surface area (Å²) in [4.78, 5) is 28.3. The van der Waals surface area contributed by atoms with Gasteiger partial charge in [-0.15, -0.1) is 0 Å². The number of nitrogens with zero attached hydrogens (tertiary/aromatic N) is 2. The maximum Gasteiger partial charge on any atom is 0.265 e. The van der Waals surface area contributed by atoms with E-state index in [9.17, 15) is 22.4 Å². The summed E-state index contributed by atoms with van der Waals surface area (Å²) in [5, 5.41) is 3.01. The molecule has 0 radical (unpaired) electrons. The van der Waals surface area contributed by atoms with E-state index in [2.05, 4.69) is 5.32 Å². The largest absolute Gasteiger partial charge is 0.495 e. The predicted molar refractivity (Wildman–Crippen MR) is 166 cm³/mol. The zero-order chi connectivity index (χ0) is 32.6. The van der Waals surface area contributed by atoms with Gasteiger partial charge in [0.05, 0.1) is 31.9 Å². The van der Waals surface area contributed by atoms with Crippen molar-refractivity contribution in [3.05, 3.63) is 77.1 Å². The van der Waals surface area contributed by atoms with Crippen molar-refractivity contribution in [2.24, 2.45) is 5.92 Å². The van der Waals surface area contributed by atoms with Crippen LogP contribution in [0.5, 0.6) is 17.2 Å². The van der Waals surface area contributed by atoms with Crippen LogP contribution < -0.4 is 23.8 Å². The summed E-state index contributed by atoms with van der Waals surface area (Å²) in [6.45, 7) is 4.97. The van der Waals surface area contributed by atoms with E-state index < -0.39 is 40.2 Å². The quantitative estimate of drug-likeness (QED) is 0.265. The monoisotopic (exact) mass is 649 g/mol. The summed E-state index contributed by atoms with van der Waals surface area (Å²) in [7, 11) is -0.327. The second kappa shape index (κ2) is 15.1. The Kier molecular flexibility index (Phi) is 11.8. The lowest BCUT2D eigenvalue weighted by Gasteiger charge is -2.32. The number of ether oxygens (including phenoxy) is 3. The molecule has 238 valence electrons. The number of hydrogen-bond donors (Lipinski definition) is 1. The van der Waals surface area contributed by atoms with Crippen LogP contribution in [-0.2, 0) is 26.2 Å². The van der Waals surface area contributed by atoms with Gasteiger partial charge in [0, 0.05) is 24.2 Å². The maximum atomic E-state index is 14.3. The lowest BCUT2D eigenvalue weighted by Crippen LogP contribution is -2.51. The fourth-order valence-corrected chi connectivity index (χ4v) is 5.90. The molecule has 0 aliphatic heterocycles. The van der Waals surface area contributed by atoms with E-state index >= 15 is 0 Å². The lowest BCUT2D eigenvalue weighted by atomic mass is 10.1. The van der Waals surface area contributed by atoms with Crippen LogP contribution in [0.3, 0.4) is 0 Å². The summed E-state index contributed by atoms with van der Waals surface area (Å²) >= 11 is 6.28. The third kappa shape index (κ3) is 8.32. The molecular weight excluding hydrogens is 613 g/mol. The van der Waals surface area contributed by atoms with E-state index in [0.29, 0.717) is 17.9 Å². The minimum Gasteiger partial charge on any atom is -0.495 e. The van der Waals surface area contributed by atoms with Crippen molar-refractivity contribution in [1.29, 1.82) is 0 Å². The predicted octanol–water partition coefficient (Wildman–Crippen LogP) is 4.89. The van der Waals surface area contributed by atoms with Crippen LogP contribution in [0.1, 0.15) is 26.3 Å². The van der Waals surface area contributed by atoms with E-state index in [1.54, 1.807) is 6.92 Å². The van der Waals surface area contributed by atoms with Crippen molar-refractivity contribution in [3.63, 3.8) is 0 Å². The summed E-state index contributed by atoms with van der Waals surface area (Å²) < 4.78 is 59.0. The van der Waals surface area contributed by atoms with Gasteiger partial charge in [0.15, 0.2) is 11.5 Å². The highest BCUT2D eigenvalue weighted by Crippen LogP contribution is 2.37. The van der Waals surface area contributed by atoms with Gasteiger partial charge in [0.1, 0.15) is 24.2 Å². The van der Waals surface area contributed by atoms with Gasteiger partial charge in [-0.25, -0.2) is 12.8 Å². The summed E-state index contributed by atoms with van der Waals surface area (Å²) in [5.41, 5.74) is 0.541. The Hall–Kier alpha value is -4.03. The third-order valence-electron chi connectivity index (χ3n) is 6.75. The van der Waals surface area contributed by atoms with Crippen molar-refractivity contribution in [3.8, 4) is 17.2 Å². The van der Waals surface area contributed by atoms with Crippen LogP contribution in [0.2, 0.25) is 5.02 Å². The number of hydrogen-bond acceptors (Lipinski definition) is 7. The van der Waals surface area contributed by atoms with Gasteiger partial charge in [-0.3, -0.25) is 13.9 Å². The first-order valence-electron chi connectivity index (χ1n) is 13.7. The minimum absolute atomic E-state index is 0.00165. The van der Waals surface area contributed by atoms with E-state index in [1.807, 2.05) is 13.8 Å². The normalized spacial score (nSPS) is 11.9. The summed E-state index contributed by atoms with van der Waals surface area (Å²) in [6, 6.07) is 12.9. The second-order valence-corrected chi connectivity index (χ2v) is 12.6. The molecule has 0 fully saturated rings. The highest BCUT2D eigenvalue weighted by Gasteiger charge is 2.34. The number of benzene rings is 3. The Balaban J connectivity index is 2.13. The fourth-order valence-electron chi connectivity index (χ4n) is 4.30. The van der Waals surface area contributed by atoms with Crippen molar-refractivity contribution in [2.75, 3.05) is 38.7 Å².